The Hall–Kier alpha value is -3.20. The number of sulfonamides is 1. The van der Waals surface area contributed by atoms with E-state index >= 15 is 0 Å². The smallest absolute Gasteiger partial charge is 0.243 e. The van der Waals surface area contributed by atoms with Gasteiger partial charge < -0.3 is 10.2 Å². The summed E-state index contributed by atoms with van der Waals surface area (Å²) in [5, 5.41) is 3.55. The highest BCUT2D eigenvalue weighted by molar-refractivity contribution is 7.89. The maximum absolute atomic E-state index is 13.5. The highest BCUT2D eigenvalue weighted by Gasteiger charge is 2.28. The van der Waals surface area contributed by atoms with Crippen molar-refractivity contribution < 1.29 is 18.0 Å². The minimum Gasteiger partial charge on any atom is -0.350 e. The first-order valence-corrected chi connectivity index (χ1v) is 15.4. The standard InChI is InChI=1S/C31H36ClN3O4S/c1-23-5-7-26(8-6-23)21-33-31(37)24(2)35(22-27-9-14-28(32)15-10-27)30(36)18-13-25-11-16-29(17-12-25)40(38,39)34-19-3-4-20-34/h5-12,14-17,24H,3-4,13,18-22H2,1-2H3,(H,33,37). The van der Waals surface area contributed by atoms with Crippen LogP contribution in [0.15, 0.2) is 77.7 Å². The second kappa shape index (κ2) is 13.4. The fraction of sp³-hybridized carbons (Fsp3) is 0.355. The molecule has 1 aliphatic rings. The Labute approximate surface area is 242 Å². The van der Waals surface area contributed by atoms with Crippen LogP contribution < -0.4 is 5.32 Å². The number of hydrogen-bond acceptors (Lipinski definition) is 4. The molecule has 1 unspecified atom stereocenters. The van der Waals surface area contributed by atoms with Crippen molar-refractivity contribution in [1.82, 2.24) is 14.5 Å². The SMILES string of the molecule is Cc1ccc(CNC(=O)C(C)N(Cc2ccc(Cl)cc2)C(=O)CCc2ccc(S(=O)(=O)N3CCCC3)cc2)cc1. The maximum atomic E-state index is 13.5. The maximum Gasteiger partial charge on any atom is 0.243 e. The van der Waals surface area contributed by atoms with Gasteiger partial charge in [-0.05, 0) is 74.1 Å². The van der Waals surface area contributed by atoms with Gasteiger partial charge in [-0.3, -0.25) is 9.59 Å². The van der Waals surface area contributed by atoms with Gasteiger partial charge in [0.15, 0.2) is 0 Å². The van der Waals surface area contributed by atoms with Crippen molar-refractivity contribution in [3.63, 3.8) is 0 Å². The molecule has 7 nitrogen and oxygen atoms in total. The van der Waals surface area contributed by atoms with Gasteiger partial charge in [-0.1, -0.05) is 65.7 Å². The molecule has 0 aromatic heterocycles. The second-order valence-electron chi connectivity index (χ2n) is 10.3. The number of nitrogens with one attached hydrogen (secondary N) is 1. The minimum atomic E-state index is -3.48. The Bertz CT molecular complexity index is 1400. The predicted octanol–water partition coefficient (Wildman–Crippen LogP) is 5.10. The lowest BCUT2D eigenvalue weighted by molar-refractivity contribution is -0.140. The van der Waals surface area contributed by atoms with E-state index < -0.39 is 16.1 Å². The molecule has 1 heterocycles. The summed E-state index contributed by atoms with van der Waals surface area (Å²) in [4.78, 5) is 28.4. The molecule has 0 aliphatic carbocycles. The van der Waals surface area contributed by atoms with E-state index in [4.69, 9.17) is 11.6 Å². The third-order valence-corrected chi connectivity index (χ3v) is 9.44. The number of carbonyl (C=O) groups excluding carboxylic acids is 2. The molecule has 1 saturated heterocycles. The van der Waals surface area contributed by atoms with E-state index in [9.17, 15) is 18.0 Å². The highest BCUT2D eigenvalue weighted by atomic mass is 35.5. The first kappa shape index (κ1) is 29.8. The summed E-state index contributed by atoms with van der Waals surface area (Å²) in [6, 6.07) is 21.2. The molecule has 4 rings (SSSR count). The number of nitrogens with zero attached hydrogens (tertiary/aromatic N) is 2. The van der Waals surface area contributed by atoms with Gasteiger partial charge in [0, 0.05) is 37.6 Å². The molecular formula is C31H36ClN3O4S. The molecule has 1 aliphatic heterocycles. The number of aryl methyl sites for hydroxylation is 2. The molecule has 9 heteroatoms. The van der Waals surface area contributed by atoms with Crippen LogP contribution in [0.4, 0.5) is 0 Å². The van der Waals surface area contributed by atoms with E-state index in [1.807, 2.05) is 43.3 Å². The molecule has 1 atom stereocenters. The van der Waals surface area contributed by atoms with Gasteiger partial charge in [0.25, 0.3) is 0 Å². The lowest BCUT2D eigenvalue weighted by Crippen LogP contribution is -2.47. The van der Waals surface area contributed by atoms with Crippen LogP contribution in [0.25, 0.3) is 0 Å². The first-order chi connectivity index (χ1) is 19.1. The van der Waals surface area contributed by atoms with E-state index in [1.165, 1.54) is 4.31 Å². The van der Waals surface area contributed by atoms with Gasteiger partial charge >= 0.3 is 0 Å². The summed E-state index contributed by atoms with van der Waals surface area (Å²) < 4.78 is 27.1. The lowest BCUT2D eigenvalue weighted by atomic mass is 10.1. The second-order valence-corrected chi connectivity index (χ2v) is 12.7. The first-order valence-electron chi connectivity index (χ1n) is 13.6. The Morgan fingerprint density at radius 3 is 2.10 bits per heavy atom. The molecule has 212 valence electrons. The number of rotatable bonds is 11. The molecule has 1 fully saturated rings. The van der Waals surface area contributed by atoms with Crippen molar-refractivity contribution in [1.29, 1.82) is 0 Å². The molecular weight excluding hydrogens is 546 g/mol. The Morgan fingerprint density at radius 2 is 1.48 bits per heavy atom. The van der Waals surface area contributed by atoms with E-state index in [1.54, 1.807) is 48.2 Å². The molecule has 3 aromatic rings. The minimum absolute atomic E-state index is 0.165. The molecule has 0 radical (unpaired) electrons. The quantitative estimate of drug-likeness (QED) is 0.341. The molecule has 40 heavy (non-hydrogen) atoms. The summed E-state index contributed by atoms with van der Waals surface area (Å²) in [6.45, 7) is 5.49. The summed E-state index contributed by atoms with van der Waals surface area (Å²) in [6.07, 6.45) is 2.38. The van der Waals surface area contributed by atoms with Crippen LogP contribution in [-0.2, 0) is 39.1 Å². The van der Waals surface area contributed by atoms with Crippen molar-refractivity contribution >= 4 is 33.4 Å². The van der Waals surface area contributed by atoms with Crippen LogP contribution in [0, 0.1) is 6.92 Å². The summed E-state index contributed by atoms with van der Waals surface area (Å²) in [5.41, 5.74) is 3.85. The Kier molecular flexibility index (Phi) is 10.0. The number of amides is 2. The fourth-order valence-electron chi connectivity index (χ4n) is 4.71. The zero-order valence-electron chi connectivity index (χ0n) is 23.0. The summed E-state index contributed by atoms with van der Waals surface area (Å²) in [5.74, 6) is -0.402. The highest BCUT2D eigenvalue weighted by Crippen LogP contribution is 2.22. The van der Waals surface area contributed by atoms with Crippen LogP contribution in [-0.4, -0.2) is 48.6 Å². The fourth-order valence-corrected chi connectivity index (χ4v) is 6.36. The van der Waals surface area contributed by atoms with Crippen LogP contribution in [0.3, 0.4) is 0 Å². The molecule has 1 N–H and O–H groups in total. The van der Waals surface area contributed by atoms with E-state index in [0.717, 1.165) is 35.1 Å². The molecule has 0 spiro atoms. The van der Waals surface area contributed by atoms with Crippen molar-refractivity contribution in [3.8, 4) is 0 Å². The Morgan fingerprint density at radius 1 is 0.900 bits per heavy atom. The van der Waals surface area contributed by atoms with E-state index in [2.05, 4.69) is 5.32 Å². The molecule has 3 aromatic carbocycles. The van der Waals surface area contributed by atoms with E-state index in [-0.39, 0.29) is 29.7 Å². The van der Waals surface area contributed by atoms with Crippen LogP contribution in [0.1, 0.15) is 48.4 Å². The zero-order valence-corrected chi connectivity index (χ0v) is 24.5. The van der Waals surface area contributed by atoms with Gasteiger partial charge in [-0.15, -0.1) is 0 Å². The predicted molar refractivity (Wildman–Crippen MR) is 157 cm³/mol. The van der Waals surface area contributed by atoms with Gasteiger partial charge in [0.2, 0.25) is 21.8 Å². The van der Waals surface area contributed by atoms with Crippen LogP contribution >= 0.6 is 11.6 Å². The average molecular weight is 582 g/mol. The van der Waals surface area contributed by atoms with Gasteiger partial charge in [-0.2, -0.15) is 4.31 Å². The molecule has 0 saturated carbocycles. The topological polar surface area (TPSA) is 86.8 Å². The number of carbonyl (C=O) groups is 2. The zero-order chi connectivity index (χ0) is 28.7. The molecule has 0 bridgehead atoms. The largest absolute Gasteiger partial charge is 0.350 e. The van der Waals surface area contributed by atoms with Gasteiger partial charge in [-0.25, -0.2) is 8.42 Å². The third-order valence-electron chi connectivity index (χ3n) is 7.27. The normalized spacial score (nSPS) is 14.6. The lowest BCUT2D eigenvalue weighted by Gasteiger charge is -2.29. The number of halogens is 1. The van der Waals surface area contributed by atoms with Crippen LogP contribution in [0.5, 0.6) is 0 Å². The van der Waals surface area contributed by atoms with E-state index in [0.29, 0.717) is 31.1 Å². The van der Waals surface area contributed by atoms with Crippen LogP contribution in [0.2, 0.25) is 5.02 Å². The average Bonchev–Trinajstić information content (AvgIpc) is 3.51. The molecule has 2 amide bonds. The van der Waals surface area contributed by atoms with Crippen molar-refractivity contribution in [2.75, 3.05) is 13.1 Å². The summed E-state index contributed by atoms with van der Waals surface area (Å²) >= 11 is 6.04. The van der Waals surface area contributed by atoms with Crippen molar-refractivity contribution in [2.24, 2.45) is 0 Å². The third kappa shape index (κ3) is 7.71. The Balaban J connectivity index is 1.42. The van der Waals surface area contributed by atoms with Crippen molar-refractivity contribution in [3.05, 3.63) is 100 Å². The summed E-state index contributed by atoms with van der Waals surface area (Å²) in [7, 11) is -3.48. The number of benzene rings is 3. The van der Waals surface area contributed by atoms with Gasteiger partial charge in [0.1, 0.15) is 6.04 Å². The van der Waals surface area contributed by atoms with Crippen molar-refractivity contribution in [2.45, 2.75) is 63.6 Å². The monoisotopic (exact) mass is 581 g/mol. The number of hydrogen-bond donors (Lipinski definition) is 1. The van der Waals surface area contributed by atoms with Gasteiger partial charge in [0.05, 0.1) is 4.90 Å².